The highest BCUT2D eigenvalue weighted by atomic mass is 16.7. The van der Waals surface area contributed by atoms with Crippen molar-refractivity contribution in [1.29, 1.82) is 0 Å². The Balaban J connectivity index is 2.37. The second-order valence-electron chi connectivity index (χ2n) is 7.31. The van der Waals surface area contributed by atoms with Gasteiger partial charge in [-0.05, 0) is 23.3 Å². The number of aliphatic hydroxyl groups excluding tert-OH is 3. The van der Waals surface area contributed by atoms with Crippen molar-refractivity contribution in [3.8, 4) is 11.1 Å². The molecule has 0 fully saturated rings. The molecule has 0 radical (unpaired) electrons. The number of carbonyl (C=O) groups excluding carboxylic acids is 1. The van der Waals surface area contributed by atoms with E-state index in [1.165, 1.54) is 10.8 Å². The zero-order valence-electron chi connectivity index (χ0n) is 16.5. The van der Waals surface area contributed by atoms with Crippen LogP contribution in [-0.2, 0) is 17.4 Å². The van der Waals surface area contributed by atoms with Gasteiger partial charge >= 0.3 is 5.72 Å². The summed E-state index contributed by atoms with van der Waals surface area (Å²) in [5.74, 6) is 0. The first-order valence-electron chi connectivity index (χ1n) is 9.29. The standard InChI is InChI=1S/C21H22N2O8/c1-22-10-16(15-9-14(7-8-17(15)22)13-5-3-2-4-6-13)21(29,19(27)18(26)11-24)20(28,12-25)23(30)31/h2-10,12,18-19,24,26-29H,11H2,1H3/t18-,19+,20+,21+/m1/s1. The van der Waals surface area contributed by atoms with Crippen molar-refractivity contribution in [2.24, 2.45) is 7.05 Å². The van der Waals surface area contributed by atoms with E-state index in [2.05, 4.69) is 0 Å². The molecule has 31 heavy (non-hydrogen) atoms. The van der Waals surface area contributed by atoms with Crippen LogP contribution in [0.4, 0.5) is 0 Å². The van der Waals surface area contributed by atoms with Gasteiger partial charge in [-0.15, -0.1) is 0 Å². The molecule has 0 spiro atoms. The third kappa shape index (κ3) is 3.40. The van der Waals surface area contributed by atoms with Gasteiger partial charge in [0.25, 0.3) is 0 Å². The maximum absolute atomic E-state index is 11.6. The molecule has 0 saturated carbocycles. The Kier molecular flexibility index (Phi) is 5.94. The van der Waals surface area contributed by atoms with Gasteiger partial charge in [-0.3, -0.25) is 14.9 Å². The van der Waals surface area contributed by atoms with E-state index in [0.29, 0.717) is 11.1 Å². The number of fused-ring (bicyclic) bond motifs is 1. The maximum Gasteiger partial charge on any atom is 0.414 e. The van der Waals surface area contributed by atoms with Crippen LogP contribution in [-0.4, -0.2) is 65.8 Å². The molecule has 3 rings (SSSR count). The molecule has 0 aliphatic heterocycles. The zero-order chi connectivity index (χ0) is 23.0. The van der Waals surface area contributed by atoms with Gasteiger partial charge in [0.2, 0.25) is 11.9 Å². The van der Waals surface area contributed by atoms with E-state index < -0.39 is 41.4 Å². The Morgan fingerprint density at radius 1 is 1.13 bits per heavy atom. The normalized spacial score (nSPS) is 17.5. The molecule has 0 amide bonds. The average molecular weight is 430 g/mol. The van der Waals surface area contributed by atoms with Gasteiger partial charge in [0.15, 0.2) is 0 Å². The Labute approximate surface area is 176 Å². The van der Waals surface area contributed by atoms with E-state index in [1.807, 2.05) is 18.2 Å². The highest BCUT2D eigenvalue weighted by Gasteiger charge is 2.67. The molecule has 0 aliphatic rings. The van der Waals surface area contributed by atoms with Crippen LogP contribution in [0.2, 0.25) is 0 Å². The molecule has 2 aromatic carbocycles. The number of aryl methyl sites for hydroxylation is 1. The van der Waals surface area contributed by atoms with Crippen molar-refractivity contribution >= 4 is 17.2 Å². The van der Waals surface area contributed by atoms with Gasteiger partial charge < -0.3 is 30.1 Å². The summed E-state index contributed by atoms with van der Waals surface area (Å²) in [6, 6.07) is 14.1. The Bertz CT molecular complexity index is 1120. The smallest absolute Gasteiger partial charge is 0.394 e. The molecular formula is C21H22N2O8. The Morgan fingerprint density at radius 3 is 2.32 bits per heavy atom. The number of hydrogen-bond donors (Lipinski definition) is 5. The molecule has 0 saturated heterocycles. The summed E-state index contributed by atoms with van der Waals surface area (Å²) in [6.07, 6.45) is -3.88. The minimum absolute atomic E-state index is 0.192. The second-order valence-corrected chi connectivity index (χ2v) is 7.31. The first-order chi connectivity index (χ1) is 14.6. The lowest BCUT2D eigenvalue weighted by molar-refractivity contribution is -0.633. The summed E-state index contributed by atoms with van der Waals surface area (Å²) < 4.78 is 1.48. The summed E-state index contributed by atoms with van der Waals surface area (Å²) in [6.45, 7) is -1.09. The van der Waals surface area contributed by atoms with E-state index in [-0.39, 0.29) is 10.9 Å². The Morgan fingerprint density at radius 2 is 1.77 bits per heavy atom. The van der Waals surface area contributed by atoms with Crippen molar-refractivity contribution in [2.75, 3.05) is 6.61 Å². The molecule has 164 valence electrons. The Hall–Kier alpha value is -3.15. The van der Waals surface area contributed by atoms with Gasteiger partial charge in [0.05, 0.1) is 11.5 Å². The number of nitro groups is 1. The highest BCUT2D eigenvalue weighted by Crippen LogP contribution is 2.42. The number of nitrogens with zero attached hydrogens (tertiary/aromatic N) is 2. The SMILES string of the molecule is Cn1cc([C@](O)([C@@H](O)[C@H](O)CO)[C@@](O)(C=O)[N+](=O)[O-])c2cc(-c3ccccc3)ccc21. The van der Waals surface area contributed by atoms with Crippen molar-refractivity contribution in [2.45, 2.75) is 23.5 Å². The number of rotatable bonds is 8. The lowest BCUT2D eigenvalue weighted by atomic mass is 9.77. The number of benzene rings is 2. The fourth-order valence-corrected chi connectivity index (χ4v) is 3.73. The molecule has 0 aliphatic carbocycles. The number of aliphatic hydroxyl groups is 5. The topological polar surface area (TPSA) is 166 Å². The van der Waals surface area contributed by atoms with Crippen LogP contribution in [0, 0.1) is 10.1 Å². The molecule has 1 heterocycles. The van der Waals surface area contributed by atoms with Crippen molar-refractivity contribution in [1.82, 2.24) is 4.57 Å². The molecule has 10 nitrogen and oxygen atoms in total. The highest BCUT2D eigenvalue weighted by molar-refractivity contribution is 5.90. The summed E-state index contributed by atoms with van der Waals surface area (Å²) in [5.41, 5.74) is -5.46. The average Bonchev–Trinajstić information content (AvgIpc) is 3.13. The molecule has 0 bridgehead atoms. The minimum atomic E-state index is -3.72. The summed E-state index contributed by atoms with van der Waals surface area (Å²) >= 11 is 0. The fourth-order valence-electron chi connectivity index (χ4n) is 3.73. The molecular weight excluding hydrogens is 408 g/mol. The van der Waals surface area contributed by atoms with Crippen LogP contribution in [0.1, 0.15) is 5.56 Å². The van der Waals surface area contributed by atoms with E-state index in [9.17, 15) is 40.4 Å². The van der Waals surface area contributed by atoms with Gasteiger partial charge in [-0.25, -0.2) is 0 Å². The van der Waals surface area contributed by atoms with Gasteiger partial charge in [-0.1, -0.05) is 36.4 Å². The quantitative estimate of drug-likeness (QED) is 0.143. The molecule has 10 heteroatoms. The third-order valence-electron chi connectivity index (χ3n) is 5.49. The summed E-state index contributed by atoms with van der Waals surface area (Å²) in [4.78, 5) is 21.8. The van der Waals surface area contributed by atoms with Crippen LogP contribution in [0.5, 0.6) is 0 Å². The van der Waals surface area contributed by atoms with E-state index in [4.69, 9.17) is 0 Å². The first-order valence-corrected chi connectivity index (χ1v) is 9.29. The van der Waals surface area contributed by atoms with Crippen LogP contribution >= 0.6 is 0 Å². The number of aromatic nitrogens is 1. The van der Waals surface area contributed by atoms with Gasteiger partial charge in [-0.2, -0.15) is 0 Å². The van der Waals surface area contributed by atoms with Gasteiger partial charge in [0, 0.05) is 29.7 Å². The molecule has 1 aromatic heterocycles. The minimum Gasteiger partial charge on any atom is -0.394 e. The first kappa shape index (κ1) is 22.5. The van der Waals surface area contributed by atoms with Crippen LogP contribution < -0.4 is 0 Å². The predicted octanol–water partition coefficient (Wildman–Crippen LogP) is -0.0888. The largest absolute Gasteiger partial charge is 0.414 e. The van der Waals surface area contributed by atoms with E-state index in [0.717, 1.165) is 5.56 Å². The van der Waals surface area contributed by atoms with Crippen LogP contribution in [0.25, 0.3) is 22.0 Å². The number of aldehydes is 1. The lowest BCUT2D eigenvalue weighted by Gasteiger charge is -2.38. The summed E-state index contributed by atoms with van der Waals surface area (Å²) in [5, 5.41) is 63.5. The van der Waals surface area contributed by atoms with E-state index >= 15 is 0 Å². The number of hydrogen-bond acceptors (Lipinski definition) is 8. The predicted molar refractivity (Wildman–Crippen MR) is 109 cm³/mol. The van der Waals surface area contributed by atoms with Crippen LogP contribution in [0.3, 0.4) is 0 Å². The molecule has 0 unspecified atom stereocenters. The van der Waals surface area contributed by atoms with Crippen molar-refractivity contribution < 1.29 is 35.3 Å². The molecule has 4 atom stereocenters. The molecule has 5 N–H and O–H groups in total. The van der Waals surface area contributed by atoms with Crippen molar-refractivity contribution in [3.05, 3.63) is 70.4 Å². The second kappa shape index (κ2) is 8.17. The van der Waals surface area contributed by atoms with Crippen molar-refractivity contribution in [3.63, 3.8) is 0 Å². The zero-order valence-corrected chi connectivity index (χ0v) is 16.5. The summed E-state index contributed by atoms with van der Waals surface area (Å²) in [7, 11) is 1.56. The number of carbonyl (C=O) groups is 1. The fraction of sp³-hybridized carbons (Fsp3) is 0.286. The maximum atomic E-state index is 11.6. The molecule has 3 aromatic rings. The van der Waals surface area contributed by atoms with Gasteiger partial charge in [0.1, 0.15) is 12.2 Å². The monoisotopic (exact) mass is 430 g/mol. The third-order valence-corrected chi connectivity index (χ3v) is 5.49. The van der Waals surface area contributed by atoms with E-state index in [1.54, 1.807) is 37.4 Å². The lowest BCUT2D eigenvalue weighted by Crippen LogP contribution is -2.66. The van der Waals surface area contributed by atoms with Crippen LogP contribution in [0.15, 0.2) is 54.7 Å².